The second-order valence-electron chi connectivity index (χ2n) is 4.41. The van der Waals surface area contributed by atoms with E-state index in [9.17, 15) is 0 Å². The van der Waals surface area contributed by atoms with Crippen molar-refractivity contribution in [2.24, 2.45) is 0 Å². The zero-order chi connectivity index (χ0) is 14.4. The van der Waals surface area contributed by atoms with Crippen LogP contribution < -0.4 is 10.6 Å². The van der Waals surface area contributed by atoms with Gasteiger partial charge in [0.2, 0.25) is 0 Å². The number of hydrogen-bond acceptors (Lipinski definition) is 5. The fraction of sp³-hybridized carbons (Fsp3) is 0.333. The van der Waals surface area contributed by atoms with E-state index in [2.05, 4.69) is 45.7 Å². The number of aryl methyl sites for hydroxylation is 1. The third kappa shape index (κ3) is 3.63. The van der Waals surface area contributed by atoms with Gasteiger partial charge in [0.25, 0.3) is 0 Å². The molecule has 1 aromatic carbocycles. The minimum absolute atomic E-state index is 0.757. The number of hydrogen-bond donors (Lipinski definition) is 2. The summed E-state index contributed by atoms with van der Waals surface area (Å²) >= 11 is 1.54. The molecule has 0 unspecified atom stereocenters. The van der Waals surface area contributed by atoms with Crippen LogP contribution in [0.3, 0.4) is 0 Å². The Morgan fingerprint density at radius 2 is 1.90 bits per heavy atom. The lowest BCUT2D eigenvalue weighted by molar-refractivity contribution is 0.921. The molecule has 0 spiro atoms. The second-order valence-corrected chi connectivity index (χ2v) is 5.18. The standard InChI is InChI=1S/C15H20N4S/c1-4-7-11-8-5-6-9-12(11)17-14-10-13(16-2)18-15(19-14)20-3/h5-6,8-10H,4,7H2,1-3H3,(H2,16,17,18,19). The molecule has 4 nitrogen and oxygen atoms in total. The van der Waals surface area contributed by atoms with Gasteiger partial charge in [-0.2, -0.15) is 0 Å². The first-order valence-corrected chi connectivity index (χ1v) is 7.95. The van der Waals surface area contributed by atoms with Crippen molar-refractivity contribution in [3.8, 4) is 0 Å². The zero-order valence-electron chi connectivity index (χ0n) is 12.1. The summed E-state index contributed by atoms with van der Waals surface area (Å²) in [5.74, 6) is 1.64. The number of benzene rings is 1. The van der Waals surface area contributed by atoms with Crippen LogP contribution in [-0.4, -0.2) is 23.3 Å². The van der Waals surface area contributed by atoms with Crippen molar-refractivity contribution in [1.29, 1.82) is 0 Å². The zero-order valence-corrected chi connectivity index (χ0v) is 12.9. The van der Waals surface area contributed by atoms with E-state index in [4.69, 9.17) is 0 Å². The maximum Gasteiger partial charge on any atom is 0.191 e. The van der Waals surface area contributed by atoms with Crippen LogP contribution in [0.1, 0.15) is 18.9 Å². The Hall–Kier alpha value is -1.75. The molecule has 0 atom stereocenters. The summed E-state index contributed by atoms with van der Waals surface area (Å²) in [4.78, 5) is 8.87. The van der Waals surface area contributed by atoms with Gasteiger partial charge in [-0.3, -0.25) is 0 Å². The van der Waals surface area contributed by atoms with Crippen molar-refractivity contribution in [3.63, 3.8) is 0 Å². The van der Waals surface area contributed by atoms with Crippen LogP contribution in [0, 0.1) is 0 Å². The van der Waals surface area contributed by atoms with E-state index in [0.717, 1.165) is 35.3 Å². The molecule has 5 heteroatoms. The molecule has 2 aromatic rings. The van der Waals surface area contributed by atoms with Crippen LogP contribution in [-0.2, 0) is 6.42 Å². The molecule has 2 rings (SSSR count). The van der Waals surface area contributed by atoms with Crippen LogP contribution in [0.4, 0.5) is 17.3 Å². The van der Waals surface area contributed by atoms with E-state index in [1.165, 1.54) is 17.3 Å². The molecule has 0 aliphatic heterocycles. The number of para-hydroxylation sites is 1. The Bertz CT molecular complexity index is 549. The van der Waals surface area contributed by atoms with Gasteiger partial charge in [0, 0.05) is 18.8 Å². The monoisotopic (exact) mass is 288 g/mol. The lowest BCUT2D eigenvalue weighted by atomic mass is 10.1. The Morgan fingerprint density at radius 1 is 1.15 bits per heavy atom. The normalized spacial score (nSPS) is 10.3. The highest BCUT2D eigenvalue weighted by molar-refractivity contribution is 7.98. The van der Waals surface area contributed by atoms with Gasteiger partial charge in [-0.05, 0) is 24.3 Å². The van der Waals surface area contributed by atoms with Crippen molar-refractivity contribution in [1.82, 2.24) is 9.97 Å². The summed E-state index contributed by atoms with van der Waals surface area (Å²) in [6.45, 7) is 2.19. The molecule has 0 bridgehead atoms. The molecule has 0 radical (unpaired) electrons. The Kier molecular flexibility index (Phi) is 5.24. The van der Waals surface area contributed by atoms with Gasteiger partial charge in [-0.25, -0.2) is 9.97 Å². The molecule has 0 fully saturated rings. The summed E-state index contributed by atoms with van der Waals surface area (Å²) in [6, 6.07) is 10.3. The molecule has 0 amide bonds. The minimum Gasteiger partial charge on any atom is -0.373 e. The van der Waals surface area contributed by atoms with Crippen LogP contribution in [0.25, 0.3) is 0 Å². The van der Waals surface area contributed by atoms with Crippen molar-refractivity contribution < 1.29 is 0 Å². The predicted octanol–water partition coefficient (Wildman–Crippen LogP) is 3.94. The van der Waals surface area contributed by atoms with Crippen molar-refractivity contribution in [2.45, 2.75) is 24.9 Å². The fourth-order valence-corrected chi connectivity index (χ4v) is 2.36. The van der Waals surface area contributed by atoms with Gasteiger partial charge in [-0.1, -0.05) is 43.3 Å². The Morgan fingerprint density at radius 3 is 2.60 bits per heavy atom. The van der Waals surface area contributed by atoms with Crippen LogP contribution in [0.15, 0.2) is 35.5 Å². The maximum absolute atomic E-state index is 4.50. The third-order valence-electron chi connectivity index (χ3n) is 2.94. The first kappa shape index (κ1) is 14.7. The van der Waals surface area contributed by atoms with Gasteiger partial charge in [-0.15, -0.1) is 0 Å². The highest BCUT2D eigenvalue weighted by Gasteiger charge is 2.06. The van der Waals surface area contributed by atoms with Crippen molar-refractivity contribution in [3.05, 3.63) is 35.9 Å². The average Bonchev–Trinajstić information content (AvgIpc) is 2.49. The van der Waals surface area contributed by atoms with Crippen molar-refractivity contribution >= 4 is 29.1 Å². The number of aromatic nitrogens is 2. The molecule has 0 aliphatic carbocycles. The summed E-state index contributed by atoms with van der Waals surface area (Å²) in [5.41, 5.74) is 2.42. The maximum atomic E-state index is 4.50. The lowest BCUT2D eigenvalue weighted by Gasteiger charge is -2.12. The van der Waals surface area contributed by atoms with Crippen LogP contribution in [0.2, 0.25) is 0 Å². The summed E-state index contributed by atoms with van der Waals surface area (Å²) in [6.07, 6.45) is 4.16. The smallest absolute Gasteiger partial charge is 0.191 e. The Labute approximate surface area is 124 Å². The van der Waals surface area contributed by atoms with Gasteiger partial charge in [0.05, 0.1) is 0 Å². The highest BCUT2D eigenvalue weighted by atomic mass is 32.2. The minimum atomic E-state index is 0.757. The van der Waals surface area contributed by atoms with Gasteiger partial charge in [0.1, 0.15) is 11.6 Å². The molecule has 20 heavy (non-hydrogen) atoms. The van der Waals surface area contributed by atoms with E-state index >= 15 is 0 Å². The molecule has 0 saturated heterocycles. The van der Waals surface area contributed by atoms with E-state index < -0.39 is 0 Å². The highest BCUT2D eigenvalue weighted by Crippen LogP contribution is 2.23. The average molecular weight is 288 g/mol. The van der Waals surface area contributed by atoms with E-state index in [-0.39, 0.29) is 0 Å². The Balaban J connectivity index is 2.29. The summed E-state index contributed by atoms with van der Waals surface area (Å²) < 4.78 is 0. The van der Waals surface area contributed by atoms with Gasteiger partial charge < -0.3 is 10.6 Å². The molecule has 0 aliphatic rings. The number of thioether (sulfide) groups is 1. The molecule has 1 heterocycles. The number of nitrogens with zero attached hydrogens (tertiary/aromatic N) is 2. The quantitative estimate of drug-likeness (QED) is 0.623. The van der Waals surface area contributed by atoms with Crippen LogP contribution >= 0.6 is 11.8 Å². The molecule has 2 N–H and O–H groups in total. The van der Waals surface area contributed by atoms with Crippen LogP contribution in [0.5, 0.6) is 0 Å². The number of anilines is 3. The first-order valence-electron chi connectivity index (χ1n) is 6.72. The molecular weight excluding hydrogens is 268 g/mol. The molecule has 0 saturated carbocycles. The fourth-order valence-electron chi connectivity index (χ4n) is 1.98. The largest absolute Gasteiger partial charge is 0.373 e. The van der Waals surface area contributed by atoms with Gasteiger partial charge in [0.15, 0.2) is 5.16 Å². The van der Waals surface area contributed by atoms with E-state index in [0.29, 0.717) is 0 Å². The second kappa shape index (κ2) is 7.14. The summed E-state index contributed by atoms with van der Waals surface area (Å²) in [7, 11) is 1.86. The first-order chi connectivity index (χ1) is 9.76. The lowest BCUT2D eigenvalue weighted by Crippen LogP contribution is -2.02. The molecular formula is C15H20N4S. The van der Waals surface area contributed by atoms with Gasteiger partial charge >= 0.3 is 0 Å². The number of rotatable bonds is 6. The topological polar surface area (TPSA) is 49.8 Å². The number of nitrogens with one attached hydrogen (secondary N) is 2. The molecule has 106 valence electrons. The summed E-state index contributed by atoms with van der Waals surface area (Å²) in [5, 5.41) is 7.22. The van der Waals surface area contributed by atoms with Crippen molar-refractivity contribution in [2.75, 3.05) is 23.9 Å². The third-order valence-corrected chi connectivity index (χ3v) is 3.49. The molecule has 1 aromatic heterocycles. The van der Waals surface area contributed by atoms with E-state index in [1.807, 2.05) is 25.4 Å². The SMILES string of the molecule is CCCc1ccccc1Nc1cc(NC)nc(SC)n1. The predicted molar refractivity (Wildman–Crippen MR) is 87.1 cm³/mol. The van der Waals surface area contributed by atoms with E-state index in [1.54, 1.807) is 0 Å².